The quantitative estimate of drug-likeness (QED) is 0.848. The van der Waals surface area contributed by atoms with Crippen LogP contribution in [0.4, 0.5) is 0 Å². The summed E-state index contributed by atoms with van der Waals surface area (Å²) in [6, 6.07) is 7.65. The molecule has 0 saturated carbocycles. The Balaban J connectivity index is 0.00000128. The van der Waals surface area contributed by atoms with Gasteiger partial charge in [-0.15, -0.1) is 12.4 Å². The van der Waals surface area contributed by atoms with E-state index >= 15 is 0 Å². The average molecular weight is 339 g/mol. The first kappa shape index (κ1) is 14.0. The maximum Gasteiger partial charge on any atom is 0.0574 e. The number of benzene rings is 1. The van der Waals surface area contributed by atoms with Gasteiger partial charge in [-0.1, -0.05) is 33.6 Å². The van der Waals surface area contributed by atoms with Crippen LogP contribution in [0.25, 0.3) is 0 Å². The van der Waals surface area contributed by atoms with Crippen LogP contribution in [0.2, 0.25) is 5.02 Å². The average Bonchev–Trinajstić information content (AvgIpc) is 2.69. The van der Waals surface area contributed by atoms with Crippen LogP contribution in [0, 0.1) is 0 Å². The van der Waals surface area contributed by atoms with Crippen molar-refractivity contribution in [2.45, 2.75) is 6.04 Å². The van der Waals surface area contributed by atoms with E-state index < -0.39 is 0 Å². The van der Waals surface area contributed by atoms with Gasteiger partial charge in [0.1, 0.15) is 0 Å². The highest BCUT2D eigenvalue weighted by molar-refractivity contribution is 9.10. The molecule has 0 aliphatic heterocycles. The summed E-state index contributed by atoms with van der Waals surface area (Å²) >= 11 is 11.1. The second-order valence-corrected chi connectivity index (χ2v) is 5.30. The first-order chi connectivity index (χ1) is 7.18. The van der Waals surface area contributed by atoms with Gasteiger partial charge in [-0.3, -0.25) is 0 Å². The third-order valence-electron chi connectivity index (χ3n) is 2.20. The fraction of sp³-hybridized carbons (Fsp3) is 0.0909. The Hall–Kier alpha value is -0.0600. The lowest BCUT2D eigenvalue weighted by Crippen LogP contribution is -2.11. The van der Waals surface area contributed by atoms with Gasteiger partial charge in [-0.25, -0.2) is 0 Å². The summed E-state index contributed by atoms with van der Waals surface area (Å²) < 4.78 is 0.966. The molecule has 0 radical (unpaired) electrons. The van der Waals surface area contributed by atoms with E-state index in [0.29, 0.717) is 5.02 Å². The van der Waals surface area contributed by atoms with Crippen LogP contribution in [0.5, 0.6) is 0 Å². The SMILES string of the molecule is Cl.N[C@H](c1ccsc1)c1ccc(Br)cc1Cl. The third-order valence-corrected chi connectivity index (χ3v) is 3.72. The van der Waals surface area contributed by atoms with Crippen LogP contribution >= 0.6 is 51.3 Å². The molecule has 0 aliphatic rings. The van der Waals surface area contributed by atoms with Crippen molar-refractivity contribution >= 4 is 51.3 Å². The van der Waals surface area contributed by atoms with Gasteiger partial charge in [-0.05, 0) is 40.1 Å². The molecule has 0 aliphatic carbocycles. The standard InChI is InChI=1S/C11H9BrClNS.ClH/c12-8-1-2-9(10(13)5-8)11(14)7-3-4-15-6-7;/h1-6,11H,14H2;1H/t11-;/m1./s1. The summed E-state index contributed by atoms with van der Waals surface area (Å²) in [5, 5.41) is 4.76. The molecule has 0 saturated heterocycles. The predicted molar refractivity (Wildman–Crippen MR) is 76.7 cm³/mol. The van der Waals surface area contributed by atoms with Crippen LogP contribution < -0.4 is 5.73 Å². The van der Waals surface area contributed by atoms with Crippen molar-refractivity contribution < 1.29 is 0 Å². The molecular weight excluding hydrogens is 329 g/mol. The highest BCUT2D eigenvalue weighted by Gasteiger charge is 2.12. The number of nitrogens with two attached hydrogens (primary N) is 1. The molecule has 2 rings (SSSR count). The fourth-order valence-electron chi connectivity index (χ4n) is 1.39. The lowest BCUT2D eigenvalue weighted by atomic mass is 10.0. The van der Waals surface area contributed by atoms with Gasteiger partial charge in [0.25, 0.3) is 0 Å². The van der Waals surface area contributed by atoms with Crippen molar-refractivity contribution in [1.82, 2.24) is 0 Å². The molecule has 0 bridgehead atoms. The minimum Gasteiger partial charge on any atom is -0.320 e. The molecule has 0 unspecified atom stereocenters. The lowest BCUT2D eigenvalue weighted by molar-refractivity contribution is 0.877. The Kier molecular flexibility index (Phi) is 5.28. The Morgan fingerprint density at radius 1 is 1.31 bits per heavy atom. The fourth-order valence-corrected chi connectivity index (χ4v) is 2.87. The summed E-state index contributed by atoms with van der Waals surface area (Å²) in [6.07, 6.45) is 0. The zero-order valence-corrected chi connectivity index (χ0v) is 12.2. The molecule has 16 heavy (non-hydrogen) atoms. The van der Waals surface area contributed by atoms with Crippen molar-refractivity contribution in [2.24, 2.45) is 5.73 Å². The zero-order valence-electron chi connectivity index (χ0n) is 8.19. The van der Waals surface area contributed by atoms with E-state index in [-0.39, 0.29) is 18.4 Å². The molecule has 1 aromatic carbocycles. The number of hydrogen-bond acceptors (Lipinski definition) is 2. The van der Waals surface area contributed by atoms with E-state index in [1.54, 1.807) is 11.3 Å². The summed E-state index contributed by atoms with van der Waals surface area (Å²) in [5.41, 5.74) is 8.18. The molecule has 1 aromatic heterocycles. The summed E-state index contributed by atoms with van der Waals surface area (Å²) in [5.74, 6) is 0. The van der Waals surface area contributed by atoms with Gasteiger partial charge < -0.3 is 5.73 Å². The summed E-state index contributed by atoms with van der Waals surface area (Å²) in [6.45, 7) is 0. The van der Waals surface area contributed by atoms with Crippen molar-refractivity contribution in [3.63, 3.8) is 0 Å². The predicted octanol–water partition coefficient (Wildman–Crippen LogP) is 4.63. The topological polar surface area (TPSA) is 26.0 Å². The summed E-state index contributed by atoms with van der Waals surface area (Å²) in [4.78, 5) is 0. The van der Waals surface area contributed by atoms with Gasteiger partial charge in [-0.2, -0.15) is 11.3 Å². The van der Waals surface area contributed by atoms with Crippen LogP contribution in [0.1, 0.15) is 17.2 Å². The minimum absolute atomic E-state index is 0. The normalized spacial score (nSPS) is 11.9. The van der Waals surface area contributed by atoms with Crippen LogP contribution in [0.3, 0.4) is 0 Å². The Bertz CT molecular complexity index is 459. The molecule has 2 N–H and O–H groups in total. The van der Waals surface area contributed by atoms with E-state index in [1.165, 1.54) is 0 Å². The van der Waals surface area contributed by atoms with Crippen LogP contribution in [-0.2, 0) is 0 Å². The van der Waals surface area contributed by atoms with Crippen LogP contribution in [0.15, 0.2) is 39.5 Å². The molecule has 0 fully saturated rings. The molecule has 5 heteroatoms. The van der Waals surface area contributed by atoms with E-state index in [4.69, 9.17) is 17.3 Å². The Morgan fingerprint density at radius 3 is 2.62 bits per heavy atom. The Morgan fingerprint density at radius 2 is 2.06 bits per heavy atom. The van der Waals surface area contributed by atoms with Gasteiger partial charge in [0.05, 0.1) is 6.04 Å². The van der Waals surface area contributed by atoms with Crippen molar-refractivity contribution in [1.29, 1.82) is 0 Å². The van der Waals surface area contributed by atoms with Crippen molar-refractivity contribution in [3.8, 4) is 0 Å². The van der Waals surface area contributed by atoms with E-state index in [2.05, 4.69) is 15.9 Å². The minimum atomic E-state index is -0.142. The Labute approximate surface area is 118 Å². The van der Waals surface area contributed by atoms with E-state index in [9.17, 15) is 0 Å². The van der Waals surface area contributed by atoms with Crippen molar-refractivity contribution in [3.05, 3.63) is 55.6 Å². The highest BCUT2D eigenvalue weighted by atomic mass is 79.9. The number of halogens is 3. The molecular formula is C11H10BrCl2NS. The number of thiophene rings is 1. The number of rotatable bonds is 2. The molecule has 0 amide bonds. The number of hydrogen-bond donors (Lipinski definition) is 1. The third kappa shape index (κ3) is 2.99. The first-order valence-corrected chi connectivity index (χ1v) is 6.52. The highest BCUT2D eigenvalue weighted by Crippen LogP contribution is 2.29. The van der Waals surface area contributed by atoms with Gasteiger partial charge in [0.15, 0.2) is 0 Å². The van der Waals surface area contributed by atoms with Crippen molar-refractivity contribution in [2.75, 3.05) is 0 Å². The largest absolute Gasteiger partial charge is 0.320 e. The van der Waals surface area contributed by atoms with Crippen LogP contribution in [-0.4, -0.2) is 0 Å². The smallest absolute Gasteiger partial charge is 0.0574 e. The van der Waals surface area contributed by atoms with E-state index in [1.807, 2.05) is 35.0 Å². The lowest BCUT2D eigenvalue weighted by Gasteiger charge is -2.12. The van der Waals surface area contributed by atoms with Gasteiger partial charge in [0.2, 0.25) is 0 Å². The molecule has 0 spiro atoms. The molecule has 1 nitrogen and oxygen atoms in total. The molecule has 2 aromatic rings. The maximum absolute atomic E-state index is 6.13. The first-order valence-electron chi connectivity index (χ1n) is 4.41. The summed E-state index contributed by atoms with van der Waals surface area (Å²) in [7, 11) is 0. The molecule has 1 heterocycles. The zero-order chi connectivity index (χ0) is 10.8. The molecule has 1 atom stereocenters. The van der Waals surface area contributed by atoms with Gasteiger partial charge in [0, 0.05) is 9.50 Å². The second-order valence-electron chi connectivity index (χ2n) is 3.20. The second kappa shape index (κ2) is 6.03. The maximum atomic E-state index is 6.13. The monoisotopic (exact) mass is 337 g/mol. The van der Waals surface area contributed by atoms with E-state index in [0.717, 1.165) is 15.6 Å². The van der Waals surface area contributed by atoms with Gasteiger partial charge >= 0.3 is 0 Å². The molecule has 86 valence electrons.